The molecule has 0 aromatic heterocycles. The second kappa shape index (κ2) is 4.71. The summed E-state index contributed by atoms with van der Waals surface area (Å²) < 4.78 is 4.91. The maximum absolute atomic E-state index is 10.8. The Labute approximate surface area is 95.8 Å². The average molecular weight is 235 g/mol. The molecule has 15 heavy (non-hydrogen) atoms. The Balaban J connectivity index is 2.80. The molecule has 0 aliphatic heterocycles. The third kappa shape index (κ3) is 3.08. The van der Waals surface area contributed by atoms with Crippen LogP contribution < -0.4 is 0 Å². The van der Waals surface area contributed by atoms with Gasteiger partial charge in [-0.05, 0) is 24.7 Å². The van der Waals surface area contributed by atoms with Gasteiger partial charge in [0.25, 0.3) is 0 Å². The molecule has 88 valence electrons. The molecule has 0 spiro atoms. The molecule has 3 nitrogen and oxygen atoms in total. The van der Waals surface area contributed by atoms with Gasteiger partial charge >= 0.3 is 5.43 Å². The van der Waals surface area contributed by atoms with Crippen LogP contribution in [-0.4, -0.2) is 16.3 Å². The van der Waals surface area contributed by atoms with Gasteiger partial charge in [0, 0.05) is 23.9 Å². The molecule has 0 heterocycles. The molecule has 1 fully saturated rings. The minimum absolute atomic E-state index is 0.0172. The molecule has 0 aromatic carbocycles. The predicted octanol–water partition coefficient (Wildman–Crippen LogP) is 3.14. The Morgan fingerprint density at radius 1 is 1.53 bits per heavy atom. The summed E-state index contributed by atoms with van der Waals surface area (Å²) in [5, 5.41) is 10.3. The highest BCUT2D eigenvalue weighted by Crippen LogP contribution is 2.42. The van der Waals surface area contributed by atoms with Gasteiger partial charge in [-0.3, -0.25) is 0 Å². The maximum Gasteiger partial charge on any atom is 0.406 e. The van der Waals surface area contributed by atoms with Gasteiger partial charge in [0.05, 0.1) is 0 Å². The molecule has 0 aromatic rings. The molecule has 0 amide bonds. The third-order valence-corrected chi connectivity index (χ3v) is 3.33. The van der Waals surface area contributed by atoms with Crippen molar-refractivity contribution in [2.24, 2.45) is 17.8 Å². The quantitative estimate of drug-likeness (QED) is 0.590. The molecule has 3 unspecified atom stereocenters. The van der Waals surface area contributed by atoms with Gasteiger partial charge in [0.15, 0.2) is 0 Å². The van der Waals surface area contributed by atoms with Crippen LogP contribution >= 0.6 is 11.6 Å². The van der Waals surface area contributed by atoms with E-state index in [0.29, 0.717) is 12.3 Å². The lowest BCUT2D eigenvalue weighted by atomic mass is 9.73. The van der Waals surface area contributed by atoms with Crippen LogP contribution in [0.15, 0.2) is 0 Å². The van der Waals surface area contributed by atoms with Crippen LogP contribution in [0.4, 0.5) is 4.79 Å². The fourth-order valence-corrected chi connectivity index (χ4v) is 2.69. The zero-order chi connectivity index (χ0) is 11.6. The van der Waals surface area contributed by atoms with Gasteiger partial charge < -0.3 is 9.84 Å². The van der Waals surface area contributed by atoms with Crippen LogP contribution in [-0.2, 0) is 4.74 Å². The Bertz CT molecular complexity index is 242. The van der Waals surface area contributed by atoms with Crippen molar-refractivity contribution in [3.63, 3.8) is 0 Å². The molecule has 4 heteroatoms. The van der Waals surface area contributed by atoms with Gasteiger partial charge in [-0.2, -0.15) is 0 Å². The number of carbonyl (C=O) groups is 1. The summed E-state index contributed by atoms with van der Waals surface area (Å²) in [6.07, 6.45) is 2.42. The topological polar surface area (TPSA) is 46.5 Å². The highest BCUT2D eigenvalue weighted by molar-refractivity contribution is 6.61. The van der Waals surface area contributed by atoms with Crippen molar-refractivity contribution in [1.29, 1.82) is 0 Å². The lowest BCUT2D eigenvalue weighted by Crippen LogP contribution is -2.48. The van der Waals surface area contributed by atoms with E-state index in [1.54, 1.807) is 0 Å². The molecule has 1 aliphatic rings. The molecular formula is C11H19ClO3. The second-order valence-electron chi connectivity index (χ2n) is 4.92. The smallest absolute Gasteiger partial charge is 0.406 e. The van der Waals surface area contributed by atoms with Crippen LogP contribution in [0.1, 0.15) is 40.0 Å². The first-order chi connectivity index (χ1) is 6.85. The van der Waals surface area contributed by atoms with Crippen LogP contribution in [0.3, 0.4) is 0 Å². The predicted molar refractivity (Wildman–Crippen MR) is 58.6 cm³/mol. The molecule has 1 rings (SSSR count). The summed E-state index contributed by atoms with van der Waals surface area (Å²) in [4.78, 5) is 10.8. The number of halogens is 1. The first kappa shape index (κ1) is 12.8. The van der Waals surface area contributed by atoms with Crippen LogP contribution in [0, 0.1) is 17.8 Å². The monoisotopic (exact) mass is 234 g/mol. The minimum atomic E-state index is -1.37. The van der Waals surface area contributed by atoms with Gasteiger partial charge in [0.1, 0.15) is 0 Å². The van der Waals surface area contributed by atoms with E-state index in [2.05, 4.69) is 0 Å². The second-order valence-corrected chi connectivity index (χ2v) is 5.23. The van der Waals surface area contributed by atoms with Crippen LogP contribution in [0.2, 0.25) is 0 Å². The normalized spacial score (nSPS) is 36.7. The zero-order valence-electron chi connectivity index (χ0n) is 9.50. The van der Waals surface area contributed by atoms with Gasteiger partial charge in [-0.25, -0.2) is 4.79 Å². The Morgan fingerprint density at radius 2 is 2.13 bits per heavy atom. The third-order valence-electron chi connectivity index (χ3n) is 3.25. The summed E-state index contributed by atoms with van der Waals surface area (Å²) in [5.41, 5.74) is -0.919. The minimum Gasteiger partial charge on any atom is -0.421 e. The number of hydrogen-bond donors (Lipinski definition) is 1. The van der Waals surface area contributed by atoms with E-state index in [0.717, 1.165) is 12.8 Å². The number of aliphatic hydroxyl groups is 1. The van der Waals surface area contributed by atoms with Crippen molar-refractivity contribution < 1.29 is 14.6 Å². The SMILES string of the molecule is CC1CCC(C(C)C)C(O)(OC(=O)Cl)C1. The van der Waals surface area contributed by atoms with Crippen molar-refractivity contribution >= 4 is 17.0 Å². The first-order valence-electron chi connectivity index (χ1n) is 5.46. The van der Waals surface area contributed by atoms with Crippen LogP contribution in [0.5, 0.6) is 0 Å². The van der Waals surface area contributed by atoms with E-state index < -0.39 is 11.2 Å². The highest BCUT2D eigenvalue weighted by Gasteiger charge is 2.45. The van der Waals surface area contributed by atoms with Crippen molar-refractivity contribution in [2.75, 3.05) is 0 Å². The fraction of sp³-hybridized carbons (Fsp3) is 0.909. The largest absolute Gasteiger partial charge is 0.421 e. The molecule has 1 N–H and O–H groups in total. The molecular weight excluding hydrogens is 216 g/mol. The summed E-state index contributed by atoms with van der Waals surface area (Å²) >= 11 is 5.20. The highest BCUT2D eigenvalue weighted by atomic mass is 35.5. The van der Waals surface area contributed by atoms with E-state index in [1.165, 1.54) is 0 Å². The number of ether oxygens (including phenoxy) is 1. The molecule has 1 saturated carbocycles. The van der Waals surface area contributed by atoms with Crippen molar-refractivity contribution in [3.05, 3.63) is 0 Å². The van der Waals surface area contributed by atoms with Crippen LogP contribution in [0.25, 0.3) is 0 Å². The van der Waals surface area contributed by atoms with E-state index >= 15 is 0 Å². The van der Waals surface area contributed by atoms with E-state index in [9.17, 15) is 9.90 Å². The summed E-state index contributed by atoms with van der Waals surface area (Å²) in [5.74, 6) is -0.749. The first-order valence-corrected chi connectivity index (χ1v) is 5.84. The number of carbonyl (C=O) groups excluding carboxylic acids is 1. The Hall–Kier alpha value is -0.280. The zero-order valence-corrected chi connectivity index (χ0v) is 10.3. The van der Waals surface area contributed by atoms with Gasteiger partial charge in [0.2, 0.25) is 5.79 Å². The molecule has 3 atom stereocenters. The average Bonchev–Trinajstić information content (AvgIpc) is 1.99. The van der Waals surface area contributed by atoms with Crippen molar-refractivity contribution in [3.8, 4) is 0 Å². The van der Waals surface area contributed by atoms with E-state index in [4.69, 9.17) is 16.3 Å². The van der Waals surface area contributed by atoms with Gasteiger partial charge in [-0.1, -0.05) is 20.8 Å². The lowest BCUT2D eigenvalue weighted by molar-refractivity contribution is -0.228. The lowest BCUT2D eigenvalue weighted by Gasteiger charge is -2.42. The number of hydrogen-bond acceptors (Lipinski definition) is 3. The van der Waals surface area contributed by atoms with E-state index in [1.807, 2.05) is 20.8 Å². The van der Waals surface area contributed by atoms with Crippen molar-refractivity contribution in [2.45, 2.75) is 45.8 Å². The summed E-state index contributed by atoms with van der Waals surface area (Å²) in [6, 6.07) is 0. The standard InChI is InChI=1S/C11H19ClO3/c1-7(2)9-5-4-8(3)6-11(9,14)15-10(12)13/h7-9,14H,4-6H2,1-3H3. The van der Waals surface area contributed by atoms with Crippen molar-refractivity contribution in [1.82, 2.24) is 0 Å². The van der Waals surface area contributed by atoms with E-state index in [-0.39, 0.29) is 11.8 Å². The summed E-state index contributed by atoms with van der Waals surface area (Å²) in [6.45, 7) is 6.09. The maximum atomic E-state index is 10.8. The fourth-order valence-electron chi connectivity index (χ4n) is 2.55. The molecule has 0 bridgehead atoms. The Kier molecular flexibility index (Phi) is 4.01. The Morgan fingerprint density at radius 3 is 2.60 bits per heavy atom. The van der Waals surface area contributed by atoms with Gasteiger partial charge in [-0.15, -0.1) is 0 Å². The molecule has 0 radical (unpaired) electrons. The number of rotatable bonds is 2. The molecule has 0 saturated heterocycles. The molecule has 1 aliphatic carbocycles. The summed E-state index contributed by atoms with van der Waals surface area (Å²) in [7, 11) is 0.